The zero-order valence-corrected chi connectivity index (χ0v) is 16.0. The van der Waals surface area contributed by atoms with Gasteiger partial charge in [0, 0.05) is 47.9 Å². The average molecular weight is 375 g/mol. The molecule has 0 amide bonds. The van der Waals surface area contributed by atoms with Crippen LogP contribution in [0.5, 0.6) is 0 Å². The lowest BCUT2D eigenvalue weighted by Crippen LogP contribution is -2.45. The predicted octanol–water partition coefficient (Wildman–Crippen LogP) is 4.61. The summed E-state index contributed by atoms with van der Waals surface area (Å²) in [5.41, 5.74) is 3.12. The normalized spacial score (nSPS) is 23.1. The van der Waals surface area contributed by atoms with Crippen molar-refractivity contribution >= 4 is 28.1 Å². The summed E-state index contributed by atoms with van der Waals surface area (Å²) in [5.74, 6) is 1.61. The van der Waals surface area contributed by atoms with Crippen molar-refractivity contribution in [3.05, 3.63) is 59.5 Å². The highest BCUT2D eigenvalue weighted by Crippen LogP contribution is 2.38. The minimum absolute atomic E-state index is 0.143. The van der Waals surface area contributed by atoms with E-state index in [0.29, 0.717) is 19.4 Å². The third kappa shape index (κ3) is 3.09. The Morgan fingerprint density at radius 2 is 2.00 bits per heavy atom. The zero-order chi connectivity index (χ0) is 19.3. The molecule has 0 saturated heterocycles. The summed E-state index contributed by atoms with van der Waals surface area (Å²) in [6, 6.07) is 10.4. The number of halogens is 1. The van der Waals surface area contributed by atoms with Crippen LogP contribution in [0.25, 0.3) is 10.8 Å². The number of rotatable bonds is 3. The van der Waals surface area contributed by atoms with Crippen LogP contribution >= 0.6 is 0 Å². The van der Waals surface area contributed by atoms with Gasteiger partial charge in [0.15, 0.2) is 5.84 Å². The fourth-order valence-corrected chi connectivity index (χ4v) is 4.07. The number of hydrogen-bond donors (Lipinski definition) is 2. The molecule has 3 aromatic rings. The molecular formula is C22H22FN5. The van der Waals surface area contributed by atoms with Crippen molar-refractivity contribution in [3.63, 3.8) is 0 Å². The smallest absolute Gasteiger partial charge is 0.152 e. The van der Waals surface area contributed by atoms with Crippen LogP contribution < -0.4 is 10.6 Å². The first-order valence-corrected chi connectivity index (χ1v) is 9.58. The van der Waals surface area contributed by atoms with Crippen molar-refractivity contribution in [3.8, 4) is 0 Å². The van der Waals surface area contributed by atoms with Crippen molar-refractivity contribution in [2.45, 2.75) is 44.9 Å². The molecule has 142 valence electrons. The van der Waals surface area contributed by atoms with Crippen LogP contribution in [-0.2, 0) is 6.54 Å². The number of pyridine rings is 2. The molecule has 6 heteroatoms. The van der Waals surface area contributed by atoms with E-state index >= 15 is 0 Å². The first kappa shape index (κ1) is 17.1. The molecule has 1 aromatic carbocycles. The molecule has 1 fully saturated rings. The lowest BCUT2D eigenvalue weighted by atomic mass is 9.79. The Bertz CT molecular complexity index is 1100. The van der Waals surface area contributed by atoms with E-state index in [1.165, 1.54) is 0 Å². The maximum atomic E-state index is 13.8. The van der Waals surface area contributed by atoms with Gasteiger partial charge < -0.3 is 10.6 Å². The maximum absolute atomic E-state index is 13.8. The van der Waals surface area contributed by atoms with Gasteiger partial charge in [-0.2, -0.15) is 0 Å². The molecule has 5 nitrogen and oxygen atoms in total. The fraction of sp³-hybridized carbons (Fsp3) is 0.318. The van der Waals surface area contributed by atoms with E-state index in [4.69, 9.17) is 0 Å². The number of aromatic nitrogens is 2. The van der Waals surface area contributed by atoms with E-state index in [-0.39, 0.29) is 6.04 Å². The van der Waals surface area contributed by atoms with E-state index < -0.39 is 5.67 Å². The first-order chi connectivity index (χ1) is 13.5. The number of benzene rings is 1. The van der Waals surface area contributed by atoms with Gasteiger partial charge in [0.1, 0.15) is 17.2 Å². The van der Waals surface area contributed by atoms with Crippen LogP contribution in [0, 0.1) is 6.92 Å². The molecular weight excluding hydrogens is 353 g/mol. The molecule has 0 atom stereocenters. The minimum Gasteiger partial charge on any atom is -0.367 e. The summed E-state index contributed by atoms with van der Waals surface area (Å²) in [6.45, 7) is 4.35. The van der Waals surface area contributed by atoms with E-state index in [1.54, 1.807) is 13.1 Å². The van der Waals surface area contributed by atoms with Gasteiger partial charge in [0.05, 0.1) is 6.54 Å². The maximum Gasteiger partial charge on any atom is 0.152 e. The van der Waals surface area contributed by atoms with Crippen LogP contribution in [0.3, 0.4) is 0 Å². The van der Waals surface area contributed by atoms with Crippen LogP contribution in [0.4, 0.5) is 15.9 Å². The number of alkyl halides is 1. The Kier molecular flexibility index (Phi) is 3.82. The monoisotopic (exact) mass is 375 g/mol. The first-order valence-electron chi connectivity index (χ1n) is 9.58. The SMILES string of the molecule is Cc1cnc2c(c1)CN=C2Nc1ccc2c(NC3CC(C)(F)C3)nccc2c1. The van der Waals surface area contributed by atoms with Gasteiger partial charge in [-0.05, 0) is 49.1 Å². The molecule has 3 heterocycles. The second-order valence-corrected chi connectivity index (χ2v) is 8.07. The minimum atomic E-state index is -1.05. The Hall–Kier alpha value is -3.02. The highest BCUT2D eigenvalue weighted by Gasteiger charge is 2.40. The van der Waals surface area contributed by atoms with Crippen LogP contribution in [-0.4, -0.2) is 27.5 Å². The van der Waals surface area contributed by atoms with Crippen LogP contribution in [0.15, 0.2) is 47.7 Å². The van der Waals surface area contributed by atoms with Crippen molar-refractivity contribution in [2.24, 2.45) is 4.99 Å². The summed E-state index contributed by atoms with van der Waals surface area (Å²) in [6.07, 6.45) is 4.70. The number of nitrogens with zero attached hydrogens (tertiary/aromatic N) is 3. The van der Waals surface area contributed by atoms with Gasteiger partial charge >= 0.3 is 0 Å². The summed E-state index contributed by atoms with van der Waals surface area (Å²) >= 11 is 0. The zero-order valence-electron chi connectivity index (χ0n) is 16.0. The van der Waals surface area contributed by atoms with Gasteiger partial charge in [-0.15, -0.1) is 0 Å². The van der Waals surface area contributed by atoms with Crippen LogP contribution in [0.2, 0.25) is 0 Å². The largest absolute Gasteiger partial charge is 0.367 e. The third-order valence-corrected chi connectivity index (χ3v) is 5.45. The van der Waals surface area contributed by atoms with Crippen molar-refractivity contribution in [2.75, 3.05) is 10.6 Å². The van der Waals surface area contributed by atoms with Gasteiger partial charge in [-0.1, -0.05) is 6.07 Å². The second-order valence-electron chi connectivity index (χ2n) is 8.07. The molecule has 5 rings (SSSR count). The average Bonchev–Trinajstić information content (AvgIpc) is 3.02. The number of hydrogen-bond acceptors (Lipinski definition) is 5. The summed E-state index contributed by atoms with van der Waals surface area (Å²) < 4.78 is 13.8. The predicted molar refractivity (Wildman–Crippen MR) is 111 cm³/mol. The highest BCUT2D eigenvalue weighted by atomic mass is 19.1. The molecule has 1 aliphatic heterocycles. The number of fused-ring (bicyclic) bond motifs is 2. The van der Waals surface area contributed by atoms with E-state index in [2.05, 4.69) is 37.7 Å². The van der Waals surface area contributed by atoms with Gasteiger partial charge in [0.25, 0.3) is 0 Å². The molecule has 1 aliphatic carbocycles. The van der Waals surface area contributed by atoms with Crippen molar-refractivity contribution in [1.29, 1.82) is 0 Å². The number of anilines is 2. The molecule has 1 saturated carbocycles. The van der Waals surface area contributed by atoms with Gasteiger partial charge in [-0.3, -0.25) is 9.98 Å². The molecule has 2 N–H and O–H groups in total. The molecule has 28 heavy (non-hydrogen) atoms. The summed E-state index contributed by atoms with van der Waals surface area (Å²) in [5, 5.41) is 8.88. The second kappa shape index (κ2) is 6.26. The van der Waals surface area contributed by atoms with E-state index in [1.807, 2.05) is 31.3 Å². The highest BCUT2D eigenvalue weighted by molar-refractivity contribution is 6.10. The Labute approximate surface area is 163 Å². The number of aryl methyl sites for hydroxylation is 1. The molecule has 0 unspecified atom stereocenters. The van der Waals surface area contributed by atoms with Crippen molar-refractivity contribution in [1.82, 2.24) is 9.97 Å². The van der Waals surface area contributed by atoms with Gasteiger partial charge in [-0.25, -0.2) is 9.37 Å². The lowest BCUT2D eigenvalue weighted by Gasteiger charge is -2.39. The van der Waals surface area contributed by atoms with Crippen LogP contribution in [0.1, 0.15) is 36.6 Å². The molecule has 2 aromatic heterocycles. The topological polar surface area (TPSA) is 62.2 Å². The molecule has 0 bridgehead atoms. The quantitative estimate of drug-likeness (QED) is 0.702. The van der Waals surface area contributed by atoms with Gasteiger partial charge in [0.2, 0.25) is 0 Å². The van der Waals surface area contributed by atoms with E-state index in [0.717, 1.165) is 44.9 Å². The Morgan fingerprint density at radius 3 is 2.82 bits per heavy atom. The fourth-order valence-electron chi connectivity index (χ4n) is 4.07. The number of aliphatic imine (C=N–C) groups is 1. The molecule has 2 aliphatic rings. The molecule has 0 radical (unpaired) electrons. The number of amidine groups is 1. The lowest BCUT2D eigenvalue weighted by molar-refractivity contribution is 0.0722. The molecule has 0 spiro atoms. The third-order valence-electron chi connectivity index (χ3n) is 5.45. The number of nitrogens with one attached hydrogen (secondary N) is 2. The Balaban J connectivity index is 1.38. The van der Waals surface area contributed by atoms with E-state index in [9.17, 15) is 4.39 Å². The van der Waals surface area contributed by atoms with Crippen molar-refractivity contribution < 1.29 is 4.39 Å². The summed E-state index contributed by atoms with van der Waals surface area (Å²) in [4.78, 5) is 13.6. The summed E-state index contributed by atoms with van der Waals surface area (Å²) in [7, 11) is 0. The standard InChI is InChI=1S/C22H22FN5/c1-13-7-15-12-26-21(19(15)25-11-13)27-16-3-4-18-14(8-16)5-6-24-20(18)28-17-9-22(2,23)10-17/h3-8,11,17H,9-10,12H2,1-2H3,(H,24,28)(H,26,27). The Morgan fingerprint density at radius 1 is 1.14 bits per heavy atom.